The standard InChI is InChI=1S/C24H25N5O/c1-4-29(5-2)22-10-11-23(17(3)12-22)28-24(30)19-13-21(16-26-15-19)27-20-8-6-18(14-25)7-9-20/h6-13,15-16,27H,4-5H2,1-3H3,(H,28,30). The van der Waals surface area contributed by atoms with Crippen molar-refractivity contribution in [2.45, 2.75) is 20.8 Å². The SMILES string of the molecule is CCN(CC)c1ccc(NC(=O)c2cncc(Nc3ccc(C#N)cc3)c2)c(C)c1. The van der Waals surface area contributed by atoms with E-state index in [1.165, 1.54) is 0 Å². The summed E-state index contributed by atoms with van der Waals surface area (Å²) in [6.07, 6.45) is 3.19. The van der Waals surface area contributed by atoms with Crippen LogP contribution in [0.2, 0.25) is 0 Å². The molecule has 0 atom stereocenters. The molecule has 1 heterocycles. The summed E-state index contributed by atoms with van der Waals surface area (Å²) < 4.78 is 0. The first-order valence-electron chi connectivity index (χ1n) is 9.93. The molecule has 0 aliphatic carbocycles. The van der Waals surface area contributed by atoms with Crippen molar-refractivity contribution in [3.8, 4) is 6.07 Å². The highest BCUT2D eigenvalue weighted by Gasteiger charge is 2.11. The molecule has 0 spiro atoms. The fourth-order valence-electron chi connectivity index (χ4n) is 3.20. The predicted octanol–water partition coefficient (Wildman–Crippen LogP) is 5.10. The molecule has 1 amide bonds. The van der Waals surface area contributed by atoms with Crippen molar-refractivity contribution >= 4 is 28.7 Å². The molecule has 0 saturated carbocycles. The van der Waals surface area contributed by atoms with E-state index in [1.807, 2.05) is 31.2 Å². The number of nitrogens with one attached hydrogen (secondary N) is 2. The number of aromatic nitrogens is 1. The minimum atomic E-state index is -0.218. The minimum absolute atomic E-state index is 0.218. The van der Waals surface area contributed by atoms with Crippen LogP contribution in [0.4, 0.5) is 22.7 Å². The largest absolute Gasteiger partial charge is 0.372 e. The zero-order valence-electron chi connectivity index (χ0n) is 17.4. The molecule has 6 heteroatoms. The molecule has 30 heavy (non-hydrogen) atoms. The number of carbonyl (C=O) groups excluding carboxylic acids is 1. The number of nitrogens with zero attached hydrogens (tertiary/aromatic N) is 3. The lowest BCUT2D eigenvalue weighted by molar-refractivity contribution is 0.102. The fourth-order valence-corrected chi connectivity index (χ4v) is 3.20. The summed E-state index contributed by atoms with van der Waals surface area (Å²) in [5.41, 5.74) is 5.49. The van der Waals surface area contributed by atoms with Gasteiger partial charge < -0.3 is 15.5 Å². The molecule has 2 N–H and O–H groups in total. The molecule has 0 aliphatic rings. The molecule has 3 rings (SSSR count). The predicted molar refractivity (Wildman–Crippen MR) is 121 cm³/mol. The maximum atomic E-state index is 12.8. The first kappa shape index (κ1) is 20.9. The van der Waals surface area contributed by atoms with Crippen LogP contribution in [0, 0.1) is 18.3 Å². The number of benzene rings is 2. The van der Waals surface area contributed by atoms with Crippen LogP contribution in [0.1, 0.15) is 35.3 Å². The van der Waals surface area contributed by atoms with E-state index in [4.69, 9.17) is 5.26 Å². The van der Waals surface area contributed by atoms with Crippen LogP contribution in [0.3, 0.4) is 0 Å². The number of aryl methyl sites for hydroxylation is 1. The third-order valence-electron chi connectivity index (χ3n) is 4.89. The van der Waals surface area contributed by atoms with Crippen molar-refractivity contribution in [2.75, 3.05) is 28.6 Å². The van der Waals surface area contributed by atoms with Gasteiger partial charge in [-0.1, -0.05) is 0 Å². The van der Waals surface area contributed by atoms with Crippen molar-refractivity contribution in [2.24, 2.45) is 0 Å². The Labute approximate surface area is 177 Å². The van der Waals surface area contributed by atoms with Crippen molar-refractivity contribution in [3.63, 3.8) is 0 Å². The second-order valence-electron chi connectivity index (χ2n) is 6.90. The zero-order valence-corrected chi connectivity index (χ0v) is 17.4. The Kier molecular flexibility index (Phi) is 6.66. The smallest absolute Gasteiger partial charge is 0.257 e. The van der Waals surface area contributed by atoms with Crippen molar-refractivity contribution in [1.29, 1.82) is 5.26 Å². The van der Waals surface area contributed by atoms with E-state index in [-0.39, 0.29) is 5.91 Å². The van der Waals surface area contributed by atoms with Crippen LogP contribution < -0.4 is 15.5 Å². The summed E-state index contributed by atoms with van der Waals surface area (Å²) >= 11 is 0. The summed E-state index contributed by atoms with van der Waals surface area (Å²) in [5, 5.41) is 15.1. The Bertz CT molecular complexity index is 1070. The van der Waals surface area contributed by atoms with Gasteiger partial charge in [0.15, 0.2) is 0 Å². The maximum absolute atomic E-state index is 12.8. The first-order chi connectivity index (χ1) is 14.5. The molecular formula is C24H25N5O. The van der Waals surface area contributed by atoms with Gasteiger partial charge in [-0.3, -0.25) is 9.78 Å². The number of rotatable bonds is 7. The topological polar surface area (TPSA) is 81.1 Å². The van der Waals surface area contributed by atoms with Crippen LogP contribution in [0.5, 0.6) is 0 Å². The fraction of sp³-hybridized carbons (Fsp3) is 0.208. The zero-order chi connectivity index (χ0) is 21.5. The summed E-state index contributed by atoms with van der Waals surface area (Å²) in [7, 11) is 0. The van der Waals surface area contributed by atoms with Gasteiger partial charge in [0, 0.05) is 36.3 Å². The number of amides is 1. The number of carbonyl (C=O) groups is 1. The summed E-state index contributed by atoms with van der Waals surface area (Å²) in [4.78, 5) is 19.2. The van der Waals surface area contributed by atoms with E-state index >= 15 is 0 Å². The Hall–Kier alpha value is -3.85. The average molecular weight is 399 g/mol. The highest BCUT2D eigenvalue weighted by Crippen LogP contribution is 2.24. The van der Waals surface area contributed by atoms with Gasteiger partial charge >= 0.3 is 0 Å². The highest BCUT2D eigenvalue weighted by atomic mass is 16.1. The van der Waals surface area contributed by atoms with Crippen molar-refractivity contribution in [1.82, 2.24) is 4.98 Å². The van der Waals surface area contributed by atoms with Crippen LogP contribution in [-0.4, -0.2) is 24.0 Å². The highest BCUT2D eigenvalue weighted by molar-refractivity contribution is 6.05. The number of hydrogen-bond acceptors (Lipinski definition) is 5. The quantitative estimate of drug-likeness (QED) is 0.577. The molecule has 0 bridgehead atoms. The molecule has 0 fully saturated rings. The summed E-state index contributed by atoms with van der Waals surface area (Å²) in [5.74, 6) is -0.218. The second kappa shape index (κ2) is 9.57. The molecule has 152 valence electrons. The Morgan fingerprint density at radius 1 is 1.03 bits per heavy atom. The van der Waals surface area contributed by atoms with Crippen molar-refractivity contribution < 1.29 is 4.79 Å². The average Bonchev–Trinajstić information content (AvgIpc) is 2.77. The van der Waals surface area contributed by atoms with E-state index in [0.717, 1.165) is 35.7 Å². The molecule has 2 aromatic carbocycles. The van der Waals surface area contributed by atoms with Gasteiger partial charge in [-0.2, -0.15) is 5.26 Å². The number of hydrogen-bond donors (Lipinski definition) is 2. The van der Waals surface area contributed by atoms with Gasteiger partial charge in [0.1, 0.15) is 0 Å². The van der Waals surface area contributed by atoms with Gasteiger partial charge in [-0.15, -0.1) is 0 Å². The third-order valence-corrected chi connectivity index (χ3v) is 4.89. The molecule has 6 nitrogen and oxygen atoms in total. The lowest BCUT2D eigenvalue weighted by atomic mass is 10.1. The Balaban J connectivity index is 1.73. The Morgan fingerprint density at radius 2 is 1.77 bits per heavy atom. The van der Waals surface area contributed by atoms with Gasteiger partial charge in [0.05, 0.1) is 29.1 Å². The first-order valence-corrected chi connectivity index (χ1v) is 9.93. The van der Waals surface area contributed by atoms with Gasteiger partial charge in [0.25, 0.3) is 5.91 Å². The van der Waals surface area contributed by atoms with Gasteiger partial charge in [-0.05, 0) is 74.9 Å². The molecule has 0 radical (unpaired) electrons. The van der Waals surface area contributed by atoms with E-state index in [2.05, 4.69) is 46.5 Å². The lowest BCUT2D eigenvalue weighted by Gasteiger charge is -2.22. The molecular weight excluding hydrogens is 374 g/mol. The maximum Gasteiger partial charge on any atom is 0.257 e. The second-order valence-corrected chi connectivity index (χ2v) is 6.90. The monoisotopic (exact) mass is 399 g/mol. The molecule has 0 unspecified atom stereocenters. The molecule has 0 aliphatic heterocycles. The van der Waals surface area contributed by atoms with Crippen molar-refractivity contribution in [3.05, 3.63) is 77.6 Å². The van der Waals surface area contributed by atoms with E-state index in [0.29, 0.717) is 16.8 Å². The number of nitriles is 1. The van der Waals surface area contributed by atoms with Crippen LogP contribution >= 0.6 is 0 Å². The molecule has 3 aromatic rings. The van der Waals surface area contributed by atoms with Crippen LogP contribution in [0.15, 0.2) is 60.9 Å². The summed E-state index contributed by atoms with van der Waals surface area (Å²) in [6.45, 7) is 8.11. The van der Waals surface area contributed by atoms with E-state index < -0.39 is 0 Å². The lowest BCUT2D eigenvalue weighted by Crippen LogP contribution is -2.22. The third kappa shape index (κ3) is 4.95. The van der Waals surface area contributed by atoms with E-state index in [9.17, 15) is 4.79 Å². The number of pyridine rings is 1. The van der Waals surface area contributed by atoms with Gasteiger partial charge in [0.2, 0.25) is 0 Å². The molecule has 1 aromatic heterocycles. The number of anilines is 4. The van der Waals surface area contributed by atoms with Crippen LogP contribution in [0.25, 0.3) is 0 Å². The summed E-state index contributed by atoms with van der Waals surface area (Å²) in [6, 6.07) is 17.0. The normalized spacial score (nSPS) is 10.2. The van der Waals surface area contributed by atoms with E-state index in [1.54, 1.807) is 30.6 Å². The molecule has 0 saturated heterocycles. The van der Waals surface area contributed by atoms with Gasteiger partial charge in [-0.25, -0.2) is 0 Å². The Morgan fingerprint density at radius 3 is 2.40 bits per heavy atom. The minimum Gasteiger partial charge on any atom is -0.372 e. The van der Waals surface area contributed by atoms with Crippen LogP contribution in [-0.2, 0) is 0 Å².